The van der Waals surface area contributed by atoms with Gasteiger partial charge in [0.1, 0.15) is 6.17 Å². The number of rotatable bonds is 0. The minimum Gasteiger partial charge on any atom is -0.340 e. The fourth-order valence-electron chi connectivity index (χ4n) is 1.84. The molecule has 2 nitrogen and oxygen atoms in total. The molecule has 1 rings (SSSR count). The van der Waals surface area contributed by atoms with Crippen molar-refractivity contribution in [2.24, 2.45) is 11.3 Å². The number of hydrogen-bond donors (Lipinski definition) is 0. The van der Waals surface area contributed by atoms with Gasteiger partial charge in [-0.25, -0.2) is 4.39 Å². The van der Waals surface area contributed by atoms with Crippen LogP contribution in [0.15, 0.2) is 0 Å². The van der Waals surface area contributed by atoms with Gasteiger partial charge < -0.3 is 4.90 Å². The standard InChI is InChI=1S/C10H18FNO/c1-7(13)12-5-8(9(11)6-12)10(2,3)4/h8-9H,5-6H2,1-4H3. The van der Waals surface area contributed by atoms with Crippen molar-refractivity contribution in [2.75, 3.05) is 13.1 Å². The Labute approximate surface area is 79.1 Å². The Bertz CT molecular complexity index is 209. The minimum absolute atomic E-state index is 0.0172. The molecule has 0 aliphatic carbocycles. The van der Waals surface area contributed by atoms with E-state index in [2.05, 4.69) is 0 Å². The van der Waals surface area contributed by atoms with E-state index in [0.717, 1.165) is 0 Å². The monoisotopic (exact) mass is 187 g/mol. The lowest BCUT2D eigenvalue weighted by Gasteiger charge is -2.27. The lowest BCUT2D eigenvalue weighted by Crippen LogP contribution is -2.30. The first-order valence-electron chi connectivity index (χ1n) is 4.72. The van der Waals surface area contributed by atoms with Crippen molar-refractivity contribution in [3.8, 4) is 0 Å². The summed E-state index contributed by atoms with van der Waals surface area (Å²) in [5.41, 5.74) is -0.0520. The van der Waals surface area contributed by atoms with Crippen molar-refractivity contribution in [1.82, 2.24) is 4.90 Å². The Morgan fingerprint density at radius 1 is 1.38 bits per heavy atom. The summed E-state index contributed by atoms with van der Waals surface area (Å²) in [5, 5.41) is 0. The normalized spacial score (nSPS) is 29.5. The number of carbonyl (C=O) groups excluding carboxylic acids is 1. The Hall–Kier alpha value is -0.600. The average Bonchev–Trinajstić information content (AvgIpc) is 2.29. The Morgan fingerprint density at radius 3 is 2.15 bits per heavy atom. The van der Waals surface area contributed by atoms with Crippen LogP contribution in [0, 0.1) is 11.3 Å². The summed E-state index contributed by atoms with van der Waals surface area (Å²) in [4.78, 5) is 12.6. The highest BCUT2D eigenvalue weighted by Gasteiger charge is 2.40. The van der Waals surface area contributed by atoms with Gasteiger partial charge in [-0.15, -0.1) is 0 Å². The van der Waals surface area contributed by atoms with E-state index in [1.165, 1.54) is 6.92 Å². The lowest BCUT2D eigenvalue weighted by atomic mass is 9.79. The zero-order valence-electron chi connectivity index (χ0n) is 8.80. The molecular weight excluding hydrogens is 169 g/mol. The second kappa shape index (κ2) is 3.28. The molecule has 0 aromatic heterocycles. The van der Waals surface area contributed by atoms with Crippen molar-refractivity contribution < 1.29 is 9.18 Å². The molecule has 0 aromatic rings. The number of carbonyl (C=O) groups is 1. The summed E-state index contributed by atoms with van der Waals surface area (Å²) in [6, 6.07) is 0. The molecule has 2 atom stereocenters. The van der Waals surface area contributed by atoms with Crippen molar-refractivity contribution >= 4 is 5.91 Å². The zero-order valence-corrected chi connectivity index (χ0v) is 8.80. The van der Waals surface area contributed by atoms with Crippen LogP contribution in [0.5, 0.6) is 0 Å². The number of likely N-dealkylation sites (tertiary alicyclic amines) is 1. The largest absolute Gasteiger partial charge is 0.340 e. The van der Waals surface area contributed by atoms with Crippen LogP contribution in [-0.2, 0) is 4.79 Å². The summed E-state index contributed by atoms with van der Waals surface area (Å²) < 4.78 is 13.5. The van der Waals surface area contributed by atoms with Crippen LogP contribution in [0.3, 0.4) is 0 Å². The molecule has 1 heterocycles. The van der Waals surface area contributed by atoms with Gasteiger partial charge in [-0.05, 0) is 5.41 Å². The maximum atomic E-state index is 13.5. The smallest absolute Gasteiger partial charge is 0.219 e. The minimum atomic E-state index is -0.858. The second-order valence-corrected chi connectivity index (χ2v) is 4.91. The highest BCUT2D eigenvalue weighted by atomic mass is 19.1. The van der Waals surface area contributed by atoms with Crippen LogP contribution in [0.1, 0.15) is 27.7 Å². The highest BCUT2D eigenvalue weighted by Crippen LogP contribution is 2.35. The Morgan fingerprint density at radius 2 is 1.92 bits per heavy atom. The van der Waals surface area contributed by atoms with E-state index in [1.807, 2.05) is 20.8 Å². The fraction of sp³-hybridized carbons (Fsp3) is 0.900. The van der Waals surface area contributed by atoms with E-state index in [1.54, 1.807) is 4.90 Å². The third kappa shape index (κ3) is 2.20. The zero-order chi connectivity index (χ0) is 10.2. The molecule has 0 radical (unpaired) electrons. The molecule has 76 valence electrons. The summed E-state index contributed by atoms with van der Waals surface area (Å²) in [6.45, 7) is 8.41. The number of amides is 1. The number of nitrogens with zero attached hydrogens (tertiary/aromatic N) is 1. The molecule has 1 aliphatic heterocycles. The molecule has 0 saturated carbocycles. The predicted molar refractivity (Wildman–Crippen MR) is 50.1 cm³/mol. The summed E-state index contributed by atoms with van der Waals surface area (Å²) in [5.74, 6) is -0.0363. The molecule has 0 N–H and O–H groups in total. The summed E-state index contributed by atoms with van der Waals surface area (Å²) in [7, 11) is 0. The molecule has 1 fully saturated rings. The summed E-state index contributed by atoms with van der Waals surface area (Å²) in [6.07, 6.45) is -0.858. The summed E-state index contributed by atoms with van der Waals surface area (Å²) >= 11 is 0. The molecule has 13 heavy (non-hydrogen) atoms. The van der Waals surface area contributed by atoms with Crippen molar-refractivity contribution in [2.45, 2.75) is 33.9 Å². The van der Waals surface area contributed by atoms with Gasteiger partial charge in [0.25, 0.3) is 0 Å². The van der Waals surface area contributed by atoms with Gasteiger partial charge >= 0.3 is 0 Å². The van der Waals surface area contributed by atoms with Gasteiger partial charge in [-0.2, -0.15) is 0 Å². The molecule has 1 amide bonds. The van der Waals surface area contributed by atoms with Gasteiger partial charge in [0.2, 0.25) is 5.91 Å². The fourth-order valence-corrected chi connectivity index (χ4v) is 1.84. The first kappa shape index (κ1) is 10.5. The van der Waals surface area contributed by atoms with E-state index in [-0.39, 0.29) is 23.8 Å². The van der Waals surface area contributed by atoms with Crippen LogP contribution in [0.4, 0.5) is 4.39 Å². The van der Waals surface area contributed by atoms with E-state index < -0.39 is 6.17 Å². The van der Waals surface area contributed by atoms with Gasteiger partial charge in [-0.3, -0.25) is 4.79 Å². The number of alkyl halides is 1. The Balaban J connectivity index is 2.67. The van der Waals surface area contributed by atoms with E-state index >= 15 is 0 Å². The molecular formula is C10H18FNO. The molecule has 3 heteroatoms. The molecule has 0 aromatic carbocycles. The van der Waals surface area contributed by atoms with Crippen LogP contribution < -0.4 is 0 Å². The maximum Gasteiger partial charge on any atom is 0.219 e. The van der Waals surface area contributed by atoms with Crippen molar-refractivity contribution in [1.29, 1.82) is 0 Å². The van der Waals surface area contributed by atoms with Gasteiger partial charge in [0.05, 0.1) is 6.54 Å². The molecule has 0 spiro atoms. The predicted octanol–water partition coefficient (Wildman–Crippen LogP) is 1.85. The molecule has 2 unspecified atom stereocenters. The van der Waals surface area contributed by atoms with Crippen molar-refractivity contribution in [3.05, 3.63) is 0 Å². The van der Waals surface area contributed by atoms with Crippen LogP contribution in [0.2, 0.25) is 0 Å². The molecule has 0 bridgehead atoms. The number of hydrogen-bond acceptors (Lipinski definition) is 1. The van der Waals surface area contributed by atoms with Gasteiger partial charge in [0, 0.05) is 19.4 Å². The topological polar surface area (TPSA) is 20.3 Å². The highest BCUT2D eigenvalue weighted by molar-refractivity contribution is 5.73. The Kier molecular flexibility index (Phi) is 2.64. The first-order valence-corrected chi connectivity index (χ1v) is 4.72. The van der Waals surface area contributed by atoms with E-state index in [4.69, 9.17) is 0 Å². The lowest BCUT2D eigenvalue weighted by molar-refractivity contribution is -0.128. The maximum absolute atomic E-state index is 13.5. The molecule has 1 saturated heterocycles. The van der Waals surface area contributed by atoms with Crippen LogP contribution in [-0.4, -0.2) is 30.1 Å². The first-order chi connectivity index (χ1) is 5.82. The molecule has 1 aliphatic rings. The van der Waals surface area contributed by atoms with Gasteiger partial charge in [0.15, 0.2) is 0 Å². The third-order valence-electron chi connectivity index (χ3n) is 2.81. The third-order valence-corrected chi connectivity index (χ3v) is 2.81. The average molecular weight is 187 g/mol. The van der Waals surface area contributed by atoms with Crippen molar-refractivity contribution in [3.63, 3.8) is 0 Å². The quantitative estimate of drug-likeness (QED) is 0.566. The van der Waals surface area contributed by atoms with Crippen LogP contribution in [0.25, 0.3) is 0 Å². The number of halogens is 1. The van der Waals surface area contributed by atoms with Gasteiger partial charge in [-0.1, -0.05) is 20.8 Å². The SMILES string of the molecule is CC(=O)N1CC(F)C(C(C)(C)C)C1. The van der Waals surface area contributed by atoms with E-state index in [0.29, 0.717) is 6.54 Å². The van der Waals surface area contributed by atoms with E-state index in [9.17, 15) is 9.18 Å². The second-order valence-electron chi connectivity index (χ2n) is 4.91. The van der Waals surface area contributed by atoms with Crippen LogP contribution >= 0.6 is 0 Å².